The van der Waals surface area contributed by atoms with Gasteiger partial charge in [-0.15, -0.1) is 0 Å². The first kappa shape index (κ1) is 16.1. The van der Waals surface area contributed by atoms with Crippen molar-refractivity contribution in [2.45, 2.75) is 40.0 Å². The lowest BCUT2D eigenvalue weighted by Crippen LogP contribution is -2.11. The van der Waals surface area contributed by atoms with E-state index in [1.807, 2.05) is 19.9 Å². The van der Waals surface area contributed by atoms with Gasteiger partial charge in [-0.05, 0) is 54.7 Å². The Labute approximate surface area is 131 Å². The van der Waals surface area contributed by atoms with E-state index in [0.717, 1.165) is 22.6 Å². The van der Waals surface area contributed by atoms with Crippen LogP contribution in [0.1, 0.15) is 43.3 Å². The van der Waals surface area contributed by atoms with Crippen molar-refractivity contribution in [3.8, 4) is 5.69 Å². The van der Waals surface area contributed by atoms with Gasteiger partial charge in [0.1, 0.15) is 0 Å². The van der Waals surface area contributed by atoms with Crippen LogP contribution in [0, 0.1) is 13.8 Å². The van der Waals surface area contributed by atoms with Gasteiger partial charge in [0.15, 0.2) is 0 Å². The fraction of sp³-hybridized carbons (Fsp3) is 0.316. The van der Waals surface area contributed by atoms with E-state index in [0.29, 0.717) is 0 Å². The van der Waals surface area contributed by atoms with Crippen molar-refractivity contribution in [1.82, 2.24) is 4.57 Å². The molecule has 0 atom stereocenters. The van der Waals surface area contributed by atoms with Crippen LogP contribution in [-0.2, 0) is 10.2 Å². The Balaban J connectivity index is 2.43. The Morgan fingerprint density at radius 2 is 1.73 bits per heavy atom. The summed E-state index contributed by atoms with van der Waals surface area (Å²) >= 11 is 0. The number of aliphatic carboxylic acids is 1. The van der Waals surface area contributed by atoms with E-state index in [2.05, 4.69) is 49.6 Å². The normalized spacial score (nSPS) is 12.0. The van der Waals surface area contributed by atoms with Crippen molar-refractivity contribution in [2.24, 2.45) is 0 Å². The van der Waals surface area contributed by atoms with E-state index in [1.165, 1.54) is 11.6 Å². The molecule has 3 nitrogen and oxygen atoms in total. The molecule has 0 bridgehead atoms. The molecule has 22 heavy (non-hydrogen) atoms. The number of carboxylic acids is 1. The first-order valence-corrected chi connectivity index (χ1v) is 7.41. The third-order valence-corrected chi connectivity index (χ3v) is 3.87. The van der Waals surface area contributed by atoms with Crippen LogP contribution in [0.15, 0.2) is 36.4 Å². The molecule has 3 heteroatoms. The summed E-state index contributed by atoms with van der Waals surface area (Å²) in [5, 5.41) is 8.77. The molecule has 0 aliphatic rings. The maximum Gasteiger partial charge on any atom is 0.328 e. The Hall–Kier alpha value is -2.29. The van der Waals surface area contributed by atoms with Crippen LogP contribution in [0.4, 0.5) is 0 Å². The molecule has 0 unspecified atom stereocenters. The van der Waals surface area contributed by atoms with Gasteiger partial charge in [0.2, 0.25) is 0 Å². The Morgan fingerprint density at radius 1 is 1.14 bits per heavy atom. The maximum atomic E-state index is 10.7. The summed E-state index contributed by atoms with van der Waals surface area (Å²) in [6.45, 7) is 10.6. The second-order valence-corrected chi connectivity index (χ2v) is 6.63. The number of aryl methyl sites for hydroxylation is 1. The summed E-state index contributed by atoms with van der Waals surface area (Å²) < 4.78 is 2.15. The lowest BCUT2D eigenvalue weighted by Gasteiger charge is -2.20. The monoisotopic (exact) mass is 297 g/mol. The first-order valence-electron chi connectivity index (χ1n) is 7.41. The van der Waals surface area contributed by atoms with Crippen molar-refractivity contribution in [2.75, 3.05) is 0 Å². The first-order chi connectivity index (χ1) is 10.2. The fourth-order valence-corrected chi connectivity index (χ4v) is 2.63. The molecule has 0 radical (unpaired) electrons. The minimum atomic E-state index is -0.931. The van der Waals surface area contributed by atoms with Crippen LogP contribution < -0.4 is 0 Å². The molecule has 1 N–H and O–H groups in total. The van der Waals surface area contributed by atoms with E-state index >= 15 is 0 Å². The number of rotatable bonds is 3. The van der Waals surface area contributed by atoms with Gasteiger partial charge >= 0.3 is 5.97 Å². The zero-order valence-electron chi connectivity index (χ0n) is 13.8. The SMILES string of the molecule is Cc1cc(C=CC(=O)O)c(C)n1-c1ccc(C(C)(C)C)cc1. The van der Waals surface area contributed by atoms with Gasteiger partial charge in [-0.25, -0.2) is 4.79 Å². The molecule has 0 saturated heterocycles. The van der Waals surface area contributed by atoms with Crippen molar-refractivity contribution in [3.63, 3.8) is 0 Å². The van der Waals surface area contributed by atoms with E-state index in [-0.39, 0.29) is 5.41 Å². The van der Waals surface area contributed by atoms with E-state index in [1.54, 1.807) is 6.08 Å². The highest BCUT2D eigenvalue weighted by molar-refractivity contribution is 5.85. The standard InChI is InChI=1S/C19H23NO2/c1-13-12-15(6-11-18(21)22)14(2)20(13)17-9-7-16(8-10-17)19(3,4)5/h6-12H,1-5H3,(H,21,22). The number of hydrogen-bond acceptors (Lipinski definition) is 1. The van der Waals surface area contributed by atoms with Crippen molar-refractivity contribution < 1.29 is 9.90 Å². The average molecular weight is 297 g/mol. The summed E-state index contributed by atoms with van der Waals surface area (Å²) in [5.74, 6) is -0.931. The summed E-state index contributed by atoms with van der Waals surface area (Å²) in [5.41, 5.74) is 5.58. The highest BCUT2D eigenvalue weighted by Crippen LogP contribution is 2.26. The highest BCUT2D eigenvalue weighted by Gasteiger charge is 2.14. The van der Waals surface area contributed by atoms with Crippen LogP contribution in [0.5, 0.6) is 0 Å². The molecular formula is C19H23NO2. The van der Waals surface area contributed by atoms with Crippen LogP contribution in [0.3, 0.4) is 0 Å². The van der Waals surface area contributed by atoms with Crippen LogP contribution in [0.25, 0.3) is 11.8 Å². The third-order valence-electron chi connectivity index (χ3n) is 3.87. The van der Waals surface area contributed by atoms with Gasteiger partial charge in [0, 0.05) is 23.2 Å². The number of nitrogens with zero attached hydrogens (tertiary/aromatic N) is 1. The number of carbonyl (C=O) groups is 1. The molecule has 116 valence electrons. The number of aromatic nitrogens is 1. The topological polar surface area (TPSA) is 42.2 Å². The van der Waals surface area contributed by atoms with Crippen LogP contribution in [0.2, 0.25) is 0 Å². The van der Waals surface area contributed by atoms with Gasteiger partial charge in [-0.3, -0.25) is 0 Å². The number of hydrogen-bond donors (Lipinski definition) is 1. The largest absolute Gasteiger partial charge is 0.478 e. The van der Waals surface area contributed by atoms with Crippen LogP contribution >= 0.6 is 0 Å². The molecule has 0 amide bonds. The van der Waals surface area contributed by atoms with Crippen molar-refractivity contribution in [3.05, 3.63) is 58.9 Å². The van der Waals surface area contributed by atoms with Gasteiger partial charge in [0.25, 0.3) is 0 Å². The molecule has 1 heterocycles. The number of benzene rings is 1. The molecule has 0 aliphatic carbocycles. The molecule has 0 aliphatic heterocycles. The third kappa shape index (κ3) is 3.30. The summed E-state index contributed by atoms with van der Waals surface area (Å²) in [4.78, 5) is 10.7. The summed E-state index contributed by atoms with van der Waals surface area (Å²) in [6, 6.07) is 10.5. The lowest BCUT2D eigenvalue weighted by molar-refractivity contribution is -0.131. The minimum absolute atomic E-state index is 0.134. The molecule has 0 fully saturated rings. The number of carboxylic acid groups (broad SMARTS) is 1. The molecule has 0 spiro atoms. The van der Waals surface area contributed by atoms with Crippen LogP contribution in [-0.4, -0.2) is 15.6 Å². The second kappa shape index (κ2) is 5.84. The Morgan fingerprint density at radius 3 is 2.23 bits per heavy atom. The average Bonchev–Trinajstić information content (AvgIpc) is 2.70. The Bertz CT molecular complexity index is 713. The quantitative estimate of drug-likeness (QED) is 0.848. The summed E-state index contributed by atoms with van der Waals surface area (Å²) in [6.07, 6.45) is 2.82. The van der Waals surface area contributed by atoms with Crippen molar-refractivity contribution in [1.29, 1.82) is 0 Å². The zero-order chi connectivity index (χ0) is 16.5. The second-order valence-electron chi connectivity index (χ2n) is 6.63. The smallest absolute Gasteiger partial charge is 0.328 e. The highest BCUT2D eigenvalue weighted by atomic mass is 16.4. The maximum absolute atomic E-state index is 10.7. The molecular weight excluding hydrogens is 274 g/mol. The summed E-state index contributed by atoms with van der Waals surface area (Å²) in [7, 11) is 0. The lowest BCUT2D eigenvalue weighted by atomic mass is 9.87. The predicted octanol–water partition coefficient (Wildman–Crippen LogP) is 4.49. The van der Waals surface area contributed by atoms with E-state index < -0.39 is 5.97 Å². The predicted molar refractivity (Wildman–Crippen MR) is 90.6 cm³/mol. The van der Waals surface area contributed by atoms with Gasteiger partial charge < -0.3 is 9.67 Å². The Kier molecular flexibility index (Phi) is 4.27. The minimum Gasteiger partial charge on any atom is -0.478 e. The molecule has 1 aromatic carbocycles. The van der Waals surface area contributed by atoms with Gasteiger partial charge in [0.05, 0.1) is 0 Å². The molecule has 0 saturated carbocycles. The fourth-order valence-electron chi connectivity index (χ4n) is 2.63. The van der Waals surface area contributed by atoms with Gasteiger partial charge in [-0.2, -0.15) is 0 Å². The van der Waals surface area contributed by atoms with Gasteiger partial charge in [-0.1, -0.05) is 32.9 Å². The van der Waals surface area contributed by atoms with E-state index in [4.69, 9.17) is 5.11 Å². The molecule has 1 aromatic heterocycles. The molecule has 2 aromatic rings. The van der Waals surface area contributed by atoms with Crippen molar-refractivity contribution >= 4 is 12.0 Å². The zero-order valence-corrected chi connectivity index (χ0v) is 13.8. The van der Waals surface area contributed by atoms with E-state index in [9.17, 15) is 4.79 Å². The molecule has 2 rings (SSSR count).